The predicted molar refractivity (Wildman–Crippen MR) is 56.8 cm³/mol. The number of rotatable bonds is 2. The van der Waals surface area contributed by atoms with Gasteiger partial charge in [-0.3, -0.25) is 4.79 Å². The van der Waals surface area contributed by atoms with Gasteiger partial charge in [-0.1, -0.05) is 20.8 Å². The van der Waals surface area contributed by atoms with Crippen LogP contribution in [0.25, 0.3) is 0 Å². The van der Waals surface area contributed by atoms with Crippen molar-refractivity contribution < 1.29 is 4.79 Å². The van der Waals surface area contributed by atoms with E-state index < -0.39 is 0 Å². The minimum absolute atomic E-state index is 0.0505. The van der Waals surface area contributed by atoms with Crippen LogP contribution in [0.15, 0.2) is 0 Å². The molecular formula is C12H21NO. The zero-order chi connectivity index (χ0) is 10.6. The van der Waals surface area contributed by atoms with Crippen LogP contribution in [0.4, 0.5) is 0 Å². The molecule has 3 rings (SSSR count). The fourth-order valence-electron chi connectivity index (χ4n) is 3.78. The van der Waals surface area contributed by atoms with E-state index in [0.29, 0.717) is 10.8 Å². The number of amides is 1. The molecule has 2 nitrogen and oxygen atoms in total. The summed E-state index contributed by atoms with van der Waals surface area (Å²) < 4.78 is 0. The topological polar surface area (TPSA) is 29.1 Å². The monoisotopic (exact) mass is 195 g/mol. The maximum atomic E-state index is 10.6. The van der Waals surface area contributed by atoms with E-state index in [1.54, 1.807) is 0 Å². The van der Waals surface area contributed by atoms with Gasteiger partial charge in [-0.05, 0) is 42.9 Å². The van der Waals surface area contributed by atoms with Gasteiger partial charge in [0.15, 0.2) is 0 Å². The molecular weight excluding hydrogens is 174 g/mol. The van der Waals surface area contributed by atoms with Crippen LogP contribution in [0.3, 0.4) is 0 Å². The van der Waals surface area contributed by atoms with Gasteiger partial charge in [0.2, 0.25) is 6.41 Å². The van der Waals surface area contributed by atoms with Crippen molar-refractivity contribution in [3.05, 3.63) is 0 Å². The number of hydrogen-bond donors (Lipinski definition) is 1. The van der Waals surface area contributed by atoms with Crippen LogP contribution in [0, 0.1) is 16.7 Å². The quantitative estimate of drug-likeness (QED) is 0.673. The van der Waals surface area contributed by atoms with Crippen LogP contribution in [0.1, 0.15) is 47.0 Å². The fraction of sp³-hybridized carbons (Fsp3) is 0.917. The highest BCUT2D eigenvalue weighted by atomic mass is 16.1. The fourth-order valence-corrected chi connectivity index (χ4v) is 3.78. The van der Waals surface area contributed by atoms with Gasteiger partial charge in [0, 0.05) is 5.54 Å². The minimum Gasteiger partial charge on any atom is -0.353 e. The van der Waals surface area contributed by atoms with Crippen LogP contribution in [-0.2, 0) is 4.79 Å². The molecule has 14 heavy (non-hydrogen) atoms. The van der Waals surface area contributed by atoms with Crippen LogP contribution >= 0.6 is 0 Å². The summed E-state index contributed by atoms with van der Waals surface area (Å²) in [4.78, 5) is 10.6. The van der Waals surface area contributed by atoms with E-state index in [2.05, 4.69) is 33.0 Å². The Balaban J connectivity index is 2.18. The summed E-state index contributed by atoms with van der Waals surface area (Å²) in [5, 5.41) is 3.00. The highest BCUT2D eigenvalue weighted by Gasteiger charge is 2.63. The second-order valence-electron chi connectivity index (χ2n) is 6.39. The third kappa shape index (κ3) is 1.06. The molecule has 1 amide bonds. The third-order valence-electron chi connectivity index (χ3n) is 5.16. The van der Waals surface area contributed by atoms with E-state index in [0.717, 1.165) is 25.2 Å². The van der Waals surface area contributed by atoms with Crippen LogP contribution in [-0.4, -0.2) is 11.9 Å². The molecule has 3 aliphatic carbocycles. The lowest BCUT2D eigenvalue weighted by molar-refractivity contribution is -0.177. The van der Waals surface area contributed by atoms with Gasteiger partial charge >= 0.3 is 0 Å². The highest BCUT2D eigenvalue weighted by molar-refractivity contribution is 5.48. The van der Waals surface area contributed by atoms with Crippen molar-refractivity contribution in [2.75, 3.05) is 0 Å². The third-order valence-corrected chi connectivity index (χ3v) is 5.16. The molecule has 0 aliphatic heterocycles. The molecule has 2 bridgehead atoms. The summed E-state index contributed by atoms with van der Waals surface area (Å²) in [6.07, 6.45) is 4.48. The second kappa shape index (κ2) is 2.53. The number of nitrogens with one attached hydrogen (secondary N) is 1. The van der Waals surface area contributed by atoms with E-state index in [4.69, 9.17) is 0 Å². The number of carbonyl (C=O) groups excluding carboxylic acids is 1. The second-order valence-corrected chi connectivity index (χ2v) is 6.39. The Bertz CT molecular complexity index is 273. The Labute approximate surface area is 86.5 Å². The van der Waals surface area contributed by atoms with Crippen molar-refractivity contribution in [1.82, 2.24) is 5.32 Å². The Morgan fingerprint density at radius 1 is 1.21 bits per heavy atom. The Morgan fingerprint density at radius 2 is 1.86 bits per heavy atom. The first-order valence-electron chi connectivity index (χ1n) is 5.54. The summed E-state index contributed by atoms with van der Waals surface area (Å²) in [7, 11) is 0. The van der Waals surface area contributed by atoms with Crippen molar-refractivity contribution in [1.29, 1.82) is 0 Å². The van der Waals surface area contributed by atoms with Crippen LogP contribution in [0.5, 0.6) is 0 Å². The first-order chi connectivity index (χ1) is 6.33. The standard InChI is InChI=1S/C12H21NO/c1-10(2)9-5-11(10,3)7-12(4,6-9)13-8-14/h8-9H,5-7H2,1-4H3,(H,13,14)/t9-,11+,12+/m0/s1. The average Bonchev–Trinajstić information content (AvgIpc) is 2.02. The highest BCUT2D eigenvalue weighted by Crippen LogP contribution is 2.69. The predicted octanol–water partition coefficient (Wildman–Crippen LogP) is 2.34. The SMILES string of the molecule is CC1(C)[C@@H]2C[C@@](C)(NC=O)C[C@@]1(C)C2. The first kappa shape index (κ1) is 10.0. The first-order valence-corrected chi connectivity index (χ1v) is 5.54. The molecule has 0 aromatic heterocycles. The van der Waals surface area contributed by atoms with E-state index in [-0.39, 0.29) is 5.54 Å². The van der Waals surface area contributed by atoms with Crippen LogP contribution < -0.4 is 5.32 Å². The maximum absolute atomic E-state index is 10.6. The minimum atomic E-state index is 0.0505. The largest absolute Gasteiger partial charge is 0.353 e. The smallest absolute Gasteiger partial charge is 0.207 e. The van der Waals surface area contributed by atoms with Gasteiger partial charge in [0.25, 0.3) is 0 Å². The molecule has 0 heterocycles. The Morgan fingerprint density at radius 3 is 2.29 bits per heavy atom. The van der Waals surface area contributed by atoms with Crippen molar-refractivity contribution in [3.8, 4) is 0 Å². The van der Waals surface area contributed by atoms with Crippen molar-refractivity contribution in [3.63, 3.8) is 0 Å². The lowest BCUT2D eigenvalue weighted by Gasteiger charge is -2.68. The van der Waals surface area contributed by atoms with Crippen LogP contribution in [0.2, 0.25) is 0 Å². The normalized spacial score (nSPS) is 49.3. The van der Waals surface area contributed by atoms with E-state index >= 15 is 0 Å². The van der Waals surface area contributed by atoms with Gasteiger partial charge < -0.3 is 5.32 Å². The summed E-state index contributed by atoms with van der Waals surface area (Å²) in [5.41, 5.74) is 0.951. The number of fused-ring (bicyclic) bond motifs is 2. The molecule has 0 aromatic rings. The lowest BCUT2D eigenvalue weighted by Crippen LogP contribution is -2.65. The lowest BCUT2D eigenvalue weighted by atomic mass is 9.38. The van der Waals surface area contributed by atoms with E-state index in [9.17, 15) is 4.79 Å². The molecule has 3 atom stereocenters. The van der Waals surface area contributed by atoms with Crippen molar-refractivity contribution in [2.24, 2.45) is 16.7 Å². The van der Waals surface area contributed by atoms with Gasteiger partial charge in [-0.25, -0.2) is 0 Å². The molecule has 80 valence electrons. The molecule has 0 aromatic carbocycles. The summed E-state index contributed by atoms with van der Waals surface area (Å²) in [6, 6.07) is 0. The molecule has 3 fully saturated rings. The summed E-state index contributed by atoms with van der Waals surface area (Å²) in [5.74, 6) is 0.790. The summed E-state index contributed by atoms with van der Waals surface area (Å²) >= 11 is 0. The molecule has 0 unspecified atom stereocenters. The molecule has 1 N–H and O–H groups in total. The van der Waals surface area contributed by atoms with Gasteiger partial charge in [0.05, 0.1) is 0 Å². The van der Waals surface area contributed by atoms with E-state index in [1.165, 1.54) is 6.42 Å². The van der Waals surface area contributed by atoms with Crippen molar-refractivity contribution >= 4 is 6.41 Å². The maximum Gasteiger partial charge on any atom is 0.207 e. The number of hydrogen-bond acceptors (Lipinski definition) is 1. The molecule has 0 saturated heterocycles. The Kier molecular flexibility index (Phi) is 1.81. The van der Waals surface area contributed by atoms with Gasteiger partial charge in [0.1, 0.15) is 0 Å². The molecule has 3 saturated carbocycles. The Hall–Kier alpha value is -0.530. The van der Waals surface area contributed by atoms with E-state index in [1.807, 2.05) is 0 Å². The molecule has 0 spiro atoms. The van der Waals surface area contributed by atoms with Gasteiger partial charge in [-0.2, -0.15) is 0 Å². The molecule has 2 heteroatoms. The average molecular weight is 195 g/mol. The van der Waals surface area contributed by atoms with Gasteiger partial charge in [-0.15, -0.1) is 0 Å². The van der Waals surface area contributed by atoms with Crippen molar-refractivity contribution in [2.45, 2.75) is 52.5 Å². The molecule has 0 radical (unpaired) electrons. The zero-order valence-electron chi connectivity index (χ0n) is 9.68. The zero-order valence-corrected chi connectivity index (χ0v) is 9.68. The summed E-state index contributed by atoms with van der Waals surface area (Å²) in [6.45, 7) is 9.30. The number of carbonyl (C=O) groups is 1. The molecule has 3 aliphatic rings.